The number of hydrogen-bond donors (Lipinski definition) is 0. The zero-order valence-corrected chi connectivity index (χ0v) is 36.7. The van der Waals surface area contributed by atoms with Gasteiger partial charge < -0.3 is 0 Å². The fraction of sp³-hybridized carbons (Fsp3) is 0. The molecule has 9 heterocycles. The Morgan fingerprint density at radius 2 is 0.591 bits per heavy atom. The Morgan fingerprint density at radius 1 is 0.318 bits per heavy atom. The van der Waals surface area contributed by atoms with Crippen molar-refractivity contribution in [1.82, 2.24) is 13.2 Å². The highest BCUT2D eigenvalue weighted by Crippen LogP contribution is 2.52. The molecule has 0 saturated carbocycles. The molecule has 7 aromatic carbocycles. The van der Waals surface area contributed by atoms with Crippen molar-refractivity contribution in [3.8, 4) is 51.6 Å². The second-order valence-electron chi connectivity index (χ2n) is 17.3. The molecule has 0 aliphatic rings. The molecule has 0 saturated heterocycles. The summed E-state index contributed by atoms with van der Waals surface area (Å²) in [6.07, 6.45) is 0. The standard InChI is InChI=1S/C57H24N6S3/c58-25-43-49(28-19-37-31-7-1-4-10-46(31)61-52(37)40(22-28)34-13-16-64-55(34)61)44(26-59)51(30-21-39-33-9-3-6-12-48(33)63-54(39)42(24-30)36-15-18-66-57(36)63)45(27-60)50(43)29-20-38-32-8-2-5-11-47(32)62-53(38)41(23-29)35-14-17-65-56(35)62/h1-24H. The quantitative estimate of drug-likeness (QED) is 0.177. The van der Waals surface area contributed by atoms with Crippen LogP contribution < -0.4 is 0 Å². The van der Waals surface area contributed by atoms with Gasteiger partial charge in [0.05, 0.1) is 49.8 Å². The van der Waals surface area contributed by atoms with Crippen LogP contribution in [0, 0.1) is 34.0 Å². The van der Waals surface area contributed by atoms with E-state index in [0.29, 0.717) is 33.4 Å². The molecular formula is C57H24N6S3. The Kier molecular flexibility index (Phi) is 6.35. The topological polar surface area (TPSA) is 84.6 Å². The summed E-state index contributed by atoms with van der Waals surface area (Å²) in [6, 6.07) is 53.0. The van der Waals surface area contributed by atoms with Crippen LogP contribution in [0.1, 0.15) is 16.7 Å². The molecule has 9 heteroatoms. The molecule has 9 aromatic heterocycles. The van der Waals surface area contributed by atoms with Crippen LogP contribution in [0.25, 0.3) is 146 Å². The summed E-state index contributed by atoms with van der Waals surface area (Å²) in [5, 5.41) is 54.8. The van der Waals surface area contributed by atoms with E-state index in [0.717, 1.165) is 129 Å². The lowest BCUT2D eigenvalue weighted by Crippen LogP contribution is -2.03. The van der Waals surface area contributed by atoms with Gasteiger partial charge in [-0.1, -0.05) is 54.6 Å². The third-order valence-electron chi connectivity index (χ3n) is 14.4. The molecule has 0 fully saturated rings. The zero-order chi connectivity index (χ0) is 43.3. The van der Waals surface area contributed by atoms with E-state index in [1.165, 1.54) is 0 Å². The lowest BCUT2D eigenvalue weighted by molar-refractivity contribution is 1.39. The smallest absolute Gasteiger partial charge is 0.108 e. The average molecular weight is 889 g/mol. The lowest BCUT2D eigenvalue weighted by Gasteiger charge is -2.20. The van der Waals surface area contributed by atoms with Gasteiger partial charge in [-0.15, -0.1) is 34.0 Å². The highest BCUT2D eigenvalue weighted by atomic mass is 32.1. The number of fused-ring (bicyclic) bond motifs is 18. The maximum Gasteiger partial charge on any atom is 0.108 e. The predicted molar refractivity (Wildman–Crippen MR) is 275 cm³/mol. The molecule has 0 amide bonds. The minimum absolute atomic E-state index is 0.312. The third kappa shape index (κ3) is 3.94. The van der Waals surface area contributed by atoms with Crippen molar-refractivity contribution in [2.45, 2.75) is 0 Å². The van der Waals surface area contributed by atoms with Crippen molar-refractivity contribution in [2.75, 3.05) is 0 Å². The van der Waals surface area contributed by atoms with Gasteiger partial charge in [0.25, 0.3) is 0 Å². The second-order valence-corrected chi connectivity index (χ2v) is 20.0. The van der Waals surface area contributed by atoms with Crippen molar-refractivity contribution >= 4 is 146 Å². The number of para-hydroxylation sites is 3. The van der Waals surface area contributed by atoms with Gasteiger partial charge in [0.1, 0.15) is 32.7 Å². The highest BCUT2D eigenvalue weighted by Gasteiger charge is 2.31. The summed E-state index contributed by atoms with van der Waals surface area (Å²) in [7, 11) is 0. The summed E-state index contributed by atoms with van der Waals surface area (Å²) in [6.45, 7) is 0. The number of rotatable bonds is 3. The SMILES string of the molecule is N#Cc1c(-c2cc3c4ccccc4n4c5sccc5c(c2)c34)c(C#N)c(-c2cc3c4ccccc4n4c5sccc5c(c2)c34)c(C#N)c1-c1cc2c3ccccc3n3c4sccc4c(c1)c23. The van der Waals surface area contributed by atoms with E-state index < -0.39 is 0 Å². The summed E-state index contributed by atoms with van der Waals surface area (Å²) < 4.78 is 7.07. The highest BCUT2D eigenvalue weighted by molar-refractivity contribution is 7.17. The minimum atomic E-state index is 0.312. The van der Waals surface area contributed by atoms with Gasteiger partial charge in [-0.25, -0.2) is 0 Å². The molecule has 0 aliphatic heterocycles. The average Bonchev–Trinajstić information content (AvgIpc) is 4.23. The fourth-order valence-corrected chi connectivity index (χ4v) is 14.8. The van der Waals surface area contributed by atoms with Crippen LogP contribution in [0.15, 0.2) is 144 Å². The molecule has 0 spiro atoms. The van der Waals surface area contributed by atoms with Crippen molar-refractivity contribution in [3.05, 3.63) is 160 Å². The van der Waals surface area contributed by atoms with Gasteiger partial charge in [-0.05, 0) is 106 Å². The maximum absolute atomic E-state index is 11.8. The van der Waals surface area contributed by atoms with Crippen LogP contribution in [-0.4, -0.2) is 13.2 Å². The van der Waals surface area contributed by atoms with Gasteiger partial charge in [0.15, 0.2) is 0 Å². The first kappa shape index (κ1) is 34.9. The van der Waals surface area contributed by atoms with Crippen molar-refractivity contribution in [1.29, 1.82) is 15.8 Å². The molecule has 0 N–H and O–H groups in total. The molecule has 66 heavy (non-hydrogen) atoms. The lowest BCUT2D eigenvalue weighted by atomic mass is 9.79. The zero-order valence-electron chi connectivity index (χ0n) is 34.3. The first-order valence-electron chi connectivity index (χ1n) is 21.6. The molecule has 16 rings (SSSR count). The van der Waals surface area contributed by atoms with Gasteiger partial charge in [-0.3, -0.25) is 13.2 Å². The van der Waals surface area contributed by atoms with E-state index in [1.807, 2.05) is 0 Å². The Labute approximate surface area is 384 Å². The number of benzene rings is 7. The van der Waals surface area contributed by atoms with Gasteiger partial charge in [0.2, 0.25) is 0 Å². The summed E-state index contributed by atoms with van der Waals surface area (Å²) >= 11 is 5.14. The number of nitrogens with zero attached hydrogens (tertiary/aromatic N) is 6. The summed E-state index contributed by atoms with van der Waals surface area (Å²) in [4.78, 5) is 3.48. The molecule has 16 aromatic rings. The minimum Gasteiger partial charge on any atom is -0.300 e. The fourth-order valence-electron chi connectivity index (χ4n) is 12.0. The van der Waals surface area contributed by atoms with E-state index in [9.17, 15) is 15.8 Å². The Bertz CT molecular complexity index is 4460. The molecule has 0 bridgehead atoms. The van der Waals surface area contributed by atoms with Crippen LogP contribution in [0.3, 0.4) is 0 Å². The normalized spacial score (nSPS) is 12.5. The van der Waals surface area contributed by atoms with Crippen LogP contribution in [0.5, 0.6) is 0 Å². The van der Waals surface area contributed by atoms with E-state index in [2.05, 4.69) is 175 Å². The molecule has 0 atom stereocenters. The molecule has 0 aliphatic carbocycles. The van der Waals surface area contributed by atoms with E-state index in [-0.39, 0.29) is 0 Å². The molecule has 6 nitrogen and oxygen atoms in total. The summed E-state index contributed by atoms with van der Waals surface area (Å²) in [5.41, 5.74) is 11.6. The first-order chi connectivity index (χ1) is 32.6. The number of hydrogen-bond acceptors (Lipinski definition) is 6. The van der Waals surface area contributed by atoms with Crippen LogP contribution in [-0.2, 0) is 0 Å². The maximum atomic E-state index is 11.8. The number of nitriles is 3. The monoisotopic (exact) mass is 888 g/mol. The van der Waals surface area contributed by atoms with Crippen LogP contribution in [0.2, 0.25) is 0 Å². The molecule has 0 radical (unpaired) electrons. The van der Waals surface area contributed by atoms with E-state index in [1.54, 1.807) is 34.0 Å². The summed E-state index contributed by atoms with van der Waals surface area (Å²) in [5.74, 6) is 0. The Hall–Kier alpha value is -8.49. The van der Waals surface area contributed by atoms with Crippen molar-refractivity contribution in [2.24, 2.45) is 0 Å². The van der Waals surface area contributed by atoms with Crippen LogP contribution >= 0.6 is 34.0 Å². The van der Waals surface area contributed by atoms with Gasteiger partial charge in [-0.2, -0.15) is 15.8 Å². The van der Waals surface area contributed by atoms with Crippen molar-refractivity contribution in [3.63, 3.8) is 0 Å². The third-order valence-corrected chi connectivity index (χ3v) is 17.1. The molecule has 0 unspecified atom stereocenters. The molecule has 300 valence electrons. The molecular weight excluding hydrogens is 865 g/mol. The van der Waals surface area contributed by atoms with Crippen LogP contribution in [0.4, 0.5) is 0 Å². The first-order valence-corrected chi connectivity index (χ1v) is 24.2. The van der Waals surface area contributed by atoms with E-state index >= 15 is 0 Å². The van der Waals surface area contributed by atoms with E-state index in [4.69, 9.17) is 0 Å². The Morgan fingerprint density at radius 3 is 0.879 bits per heavy atom. The predicted octanol–water partition coefficient (Wildman–Crippen LogP) is 15.9. The van der Waals surface area contributed by atoms with Gasteiger partial charge >= 0.3 is 0 Å². The van der Waals surface area contributed by atoms with Gasteiger partial charge in [0, 0.05) is 81.3 Å². The van der Waals surface area contributed by atoms with Crippen molar-refractivity contribution < 1.29 is 0 Å². The number of aromatic nitrogens is 3. The second kappa shape index (κ2) is 12.0. The Balaban J connectivity index is 1.12. The largest absolute Gasteiger partial charge is 0.300 e. The number of thiophene rings is 3.